The summed E-state index contributed by atoms with van der Waals surface area (Å²) >= 11 is 0. The quantitative estimate of drug-likeness (QED) is 0.236. The third-order valence-electron chi connectivity index (χ3n) is 5.71. The molecule has 1 atom stereocenters. The van der Waals surface area contributed by atoms with Gasteiger partial charge < -0.3 is 31.3 Å². The minimum atomic E-state index is -1.05. The molecule has 1 heterocycles. The van der Waals surface area contributed by atoms with E-state index in [9.17, 15) is 15.0 Å². The monoisotopic (exact) mass is 449 g/mol. The van der Waals surface area contributed by atoms with Crippen molar-refractivity contribution in [1.82, 2.24) is 4.90 Å². The van der Waals surface area contributed by atoms with E-state index in [2.05, 4.69) is 24.0 Å². The lowest BCUT2D eigenvalue weighted by atomic mass is 9.88. The molecular formula is C26H31N3O4. The standard InChI is InChI=1S/C26H31N3O4/c1-18(30)24(31)9-4-10-25(32)28-23-8-3-7-22(16-23)26(33)29-13-11-20(12-14-29)21-6-2-5-19(15-21)17-27/h2-10,15-16,20,25,28,30-32H,1,11-14,17,27H2/b10-4+,24-9+. The molecule has 2 aromatic carbocycles. The van der Waals surface area contributed by atoms with Gasteiger partial charge >= 0.3 is 0 Å². The van der Waals surface area contributed by atoms with E-state index < -0.39 is 12.0 Å². The molecule has 1 unspecified atom stereocenters. The fraction of sp³-hybridized carbons (Fsp3) is 0.269. The molecule has 2 aromatic rings. The number of carbonyl (C=O) groups excluding carboxylic acids is 1. The predicted octanol–water partition coefficient (Wildman–Crippen LogP) is 3.97. The zero-order valence-corrected chi connectivity index (χ0v) is 18.5. The average molecular weight is 450 g/mol. The molecule has 7 heteroatoms. The molecule has 0 radical (unpaired) electrons. The highest BCUT2D eigenvalue weighted by molar-refractivity contribution is 5.95. The van der Waals surface area contributed by atoms with Gasteiger partial charge in [-0.15, -0.1) is 0 Å². The van der Waals surface area contributed by atoms with Gasteiger partial charge in [0.2, 0.25) is 0 Å². The predicted molar refractivity (Wildman–Crippen MR) is 130 cm³/mol. The molecule has 0 aromatic heterocycles. The number of aliphatic hydroxyl groups excluding tert-OH is 3. The molecule has 6 N–H and O–H groups in total. The number of nitrogens with one attached hydrogen (secondary N) is 1. The number of likely N-dealkylation sites (tertiary alicyclic amines) is 1. The van der Waals surface area contributed by atoms with Crippen molar-refractivity contribution >= 4 is 11.6 Å². The molecule has 1 aliphatic rings. The first-order chi connectivity index (χ1) is 15.9. The van der Waals surface area contributed by atoms with E-state index in [1.54, 1.807) is 24.3 Å². The number of nitrogens with two attached hydrogens (primary N) is 1. The highest BCUT2D eigenvalue weighted by Gasteiger charge is 2.24. The van der Waals surface area contributed by atoms with E-state index in [0.29, 0.717) is 36.8 Å². The SMILES string of the molecule is C=C(O)/C(O)=C\C=C\C(O)Nc1cccc(C(=O)N2CCC(c3cccc(CN)c3)CC2)c1. The number of carbonyl (C=O) groups is 1. The van der Waals surface area contributed by atoms with Crippen LogP contribution in [0.25, 0.3) is 0 Å². The van der Waals surface area contributed by atoms with Crippen LogP contribution in [0.4, 0.5) is 5.69 Å². The van der Waals surface area contributed by atoms with Crippen molar-refractivity contribution in [3.8, 4) is 0 Å². The van der Waals surface area contributed by atoms with Gasteiger partial charge in [0.25, 0.3) is 5.91 Å². The van der Waals surface area contributed by atoms with Crippen LogP contribution in [0.15, 0.2) is 84.9 Å². The number of amides is 1. The van der Waals surface area contributed by atoms with Gasteiger partial charge in [0.05, 0.1) is 0 Å². The van der Waals surface area contributed by atoms with Crippen LogP contribution in [0.3, 0.4) is 0 Å². The Kier molecular flexibility index (Phi) is 8.29. The van der Waals surface area contributed by atoms with Gasteiger partial charge in [-0.1, -0.05) is 43.0 Å². The molecule has 1 amide bonds. The highest BCUT2D eigenvalue weighted by atomic mass is 16.3. The van der Waals surface area contributed by atoms with Gasteiger partial charge in [-0.3, -0.25) is 4.79 Å². The molecule has 1 saturated heterocycles. The Balaban J connectivity index is 1.58. The van der Waals surface area contributed by atoms with Crippen molar-refractivity contribution in [2.45, 2.75) is 31.5 Å². The second kappa shape index (κ2) is 11.4. The molecule has 1 aliphatic heterocycles. The van der Waals surface area contributed by atoms with Gasteiger partial charge in [0.1, 0.15) is 12.0 Å². The van der Waals surface area contributed by atoms with E-state index in [-0.39, 0.29) is 11.7 Å². The first kappa shape index (κ1) is 24.1. The Morgan fingerprint density at radius 3 is 2.61 bits per heavy atom. The number of rotatable bonds is 8. The Bertz CT molecular complexity index is 1040. The van der Waals surface area contributed by atoms with Crippen LogP contribution in [0, 0.1) is 0 Å². The number of allylic oxidation sites excluding steroid dienone is 2. The molecular weight excluding hydrogens is 418 g/mol. The average Bonchev–Trinajstić information content (AvgIpc) is 2.83. The van der Waals surface area contributed by atoms with Crippen LogP contribution >= 0.6 is 0 Å². The number of hydrogen-bond donors (Lipinski definition) is 5. The van der Waals surface area contributed by atoms with Crippen LogP contribution in [-0.4, -0.2) is 45.4 Å². The van der Waals surface area contributed by atoms with Crippen molar-refractivity contribution in [3.63, 3.8) is 0 Å². The summed E-state index contributed by atoms with van der Waals surface area (Å²) in [5, 5.41) is 31.4. The van der Waals surface area contributed by atoms with Crippen LogP contribution in [-0.2, 0) is 6.54 Å². The number of anilines is 1. The van der Waals surface area contributed by atoms with E-state index in [0.717, 1.165) is 18.4 Å². The molecule has 3 rings (SSSR count). The van der Waals surface area contributed by atoms with Gasteiger partial charge in [0.15, 0.2) is 5.76 Å². The lowest BCUT2D eigenvalue weighted by Gasteiger charge is -2.32. The third-order valence-corrected chi connectivity index (χ3v) is 5.71. The maximum atomic E-state index is 13.0. The molecule has 0 aliphatic carbocycles. The van der Waals surface area contributed by atoms with Crippen LogP contribution < -0.4 is 11.1 Å². The Morgan fingerprint density at radius 1 is 1.18 bits per heavy atom. The van der Waals surface area contributed by atoms with Crippen molar-refractivity contribution < 1.29 is 20.1 Å². The Labute approximate surface area is 194 Å². The first-order valence-corrected chi connectivity index (χ1v) is 11.0. The fourth-order valence-corrected chi connectivity index (χ4v) is 3.88. The normalized spacial score (nSPS) is 16.1. The van der Waals surface area contributed by atoms with Crippen LogP contribution in [0.2, 0.25) is 0 Å². The Morgan fingerprint density at radius 2 is 1.91 bits per heavy atom. The van der Waals surface area contributed by atoms with Crippen LogP contribution in [0.5, 0.6) is 0 Å². The van der Waals surface area contributed by atoms with E-state index >= 15 is 0 Å². The topological polar surface area (TPSA) is 119 Å². The summed E-state index contributed by atoms with van der Waals surface area (Å²) in [6.45, 7) is 5.09. The van der Waals surface area contributed by atoms with Gasteiger partial charge in [-0.05, 0) is 60.2 Å². The molecule has 0 spiro atoms. The Hall–Kier alpha value is -3.55. The minimum absolute atomic E-state index is 0.0350. The number of nitrogens with zero attached hydrogens (tertiary/aromatic N) is 1. The second-order valence-corrected chi connectivity index (χ2v) is 8.07. The zero-order valence-electron chi connectivity index (χ0n) is 18.5. The largest absolute Gasteiger partial charge is 0.505 e. The lowest BCUT2D eigenvalue weighted by molar-refractivity contribution is 0.0713. The van der Waals surface area contributed by atoms with Crippen molar-refractivity contribution in [1.29, 1.82) is 0 Å². The minimum Gasteiger partial charge on any atom is -0.505 e. The molecule has 174 valence electrons. The summed E-state index contributed by atoms with van der Waals surface area (Å²) < 4.78 is 0. The molecule has 0 bridgehead atoms. The fourth-order valence-electron chi connectivity index (χ4n) is 3.88. The van der Waals surface area contributed by atoms with Crippen LogP contribution in [0.1, 0.15) is 40.2 Å². The van der Waals surface area contributed by atoms with E-state index in [1.807, 2.05) is 17.0 Å². The first-order valence-electron chi connectivity index (χ1n) is 11.0. The van der Waals surface area contributed by atoms with Gasteiger partial charge in [-0.2, -0.15) is 0 Å². The molecule has 1 fully saturated rings. The molecule has 33 heavy (non-hydrogen) atoms. The third kappa shape index (κ3) is 6.71. The lowest BCUT2D eigenvalue weighted by Crippen LogP contribution is -2.38. The summed E-state index contributed by atoms with van der Waals surface area (Å²) in [6, 6.07) is 15.4. The van der Waals surface area contributed by atoms with Crippen molar-refractivity contribution in [3.05, 3.63) is 102 Å². The number of aliphatic hydroxyl groups is 3. The summed E-state index contributed by atoms with van der Waals surface area (Å²) in [7, 11) is 0. The molecule has 0 saturated carbocycles. The summed E-state index contributed by atoms with van der Waals surface area (Å²) in [5.74, 6) is -0.456. The molecule has 7 nitrogen and oxygen atoms in total. The maximum absolute atomic E-state index is 13.0. The highest BCUT2D eigenvalue weighted by Crippen LogP contribution is 2.29. The van der Waals surface area contributed by atoms with E-state index in [1.165, 1.54) is 23.8 Å². The smallest absolute Gasteiger partial charge is 0.253 e. The number of benzene rings is 2. The van der Waals surface area contributed by atoms with E-state index in [4.69, 9.17) is 10.8 Å². The second-order valence-electron chi connectivity index (χ2n) is 8.07. The number of hydrogen-bond acceptors (Lipinski definition) is 6. The van der Waals surface area contributed by atoms with Crippen molar-refractivity contribution in [2.75, 3.05) is 18.4 Å². The zero-order chi connectivity index (χ0) is 23.8. The number of piperidine rings is 1. The maximum Gasteiger partial charge on any atom is 0.253 e. The van der Waals surface area contributed by atoms with Gasteiger partial charge in [-0.25, -0.2) is 0 Å². The summed E-state index contributed by atoms with van der Waals surface area (Å²) in [5.41, 5.74) is 9.31. The summed E-state index contributed by atoms with van der Waals surface area (Å²) in [4.78, 5) is 14.9. The van der Waals surface area contributed by atoms with Gasteiger partial charge in [0, 0.05) is 30.9 Å². The van der Waals surface area contributed by atoms with Crippen molar-refractivity contribution in [2.24, 2.45) is 5.73 Å². The summed E-state index contributed by atoms with van der Waals surface area (Å²) in [6.07, 6.45) is 4.74.